The molecule has 3 aliphatic rings. The molecule has 1 aromatic carbocycles. The number of fused-ring (bicyclic) bond motifs is 2. The van der Waals surface area contributed by atoms with Gasteiger partial charge in [0.15, 0.2) is 0 Å². The fourth-order valence-electron chi connectivity index (χ4n) is 4.43. The largest absolute Gasteiger partial charge is 0.490 e. The van der Waals surface area contributed by atoms with Crippen LogP contribution in [0.4, 0.5) is 10.5 Å². The first-order chi connectivity index (χ1) is 13.9. The summed E-state index contributed by atoms with van der Waals surface area (Å²) in [6, 6.07) is 4.52. The van der Waals surface area contributed by atoms with Gasteiger partial charge in [0.25, 0.3) is 0 Å². The zero-order valence-corrected chi connectivity index (χ0v) is 18.0. The van der Waals surface area contributed by atoms with E-state index in [-0.39, 0.29) is 6.09 Å². The minimum atomic E-state index is -0.464. The van der Waals surface area contributed by atoms with Crippen LogP contribution < -0.4 is 9.64 Å². The predicted octanol–water partition coefficient (Wildman–Crippen LogP) is 3.65. The van der Waals surface area contributed by atoms with Crippen molar-refractivity contribution in [1.82, 2.24) is 4.90 Å². The Morgan fingerprint density at radius 2 is 1.76 bits per heavy atom. The molecule has 0 atom stereocenters. The fraction of sp³-hybridized carbons (Fsp3) is 0.696. The molecule has 1 fully saturated rings. The van der Waals surface area contributed by atoms with Gasteiger partial charge >= 0.3 is 6.09 Å². The number of ether oxygens (including phenoxy) is 3. The van der Waals surface area contributed by atoms with Crippen LogP contribution in [0.25, 0.3) is 0 Å². The molecule has 3 aliphatic heterocycles. The molecule has 1 saturated heterocycles. The Hall–Kier alpha value is -1.95. The molecular formula is C23H34N2O4. The Morgan fingerprint density at radius 3 is 2.45 bits per heavy atom. The Kier molecular flexibility index (Phi) is 5.91. The first kappa shape index (κ1) is 20.3. The lowest BCUT2D eigenvalue weighted by Gasteiger charge is -2.36. The summed E-state index contributed by atoms with van der Waals surface area (Å²) in [5.74, 6) is 1.68. The van der Waals surface area contributed by atoms with Crippen molar-refractivity contribution in [3.63, 3.8) is 0 Å². The molecule has 1 amide bonds. The van der Waals surface area contributed by atoms with Gasteiger partial charge in [-0.15, -0.1) is 0 Å². The normalized spacial score (nSPS) is 20.4. The van der Waals surface area contributed by atoms with Crippen molar-refractivity contribution < 1.29 is 19.0 Å². The second-order valence-electron chi connectivity index (χ2n) is 9.41. The maximum atomic E-state index is 12.5. The third-order valence-corrected chi connectivity index (χ3v) is 6.01. The van der Waals surface area contributed by atoms with Crippen LogP contribution in [0.3, 0.4) is 0 Å². The lowest BCUT2D eigenvalue weighted by Crippen LogP contribution is -2.38. The molecule has 1 aromatic rings. The Bertz CT molecular complexity index is 737. The summed E-state index contributed by atoms with van der Waals surface area (Å²) in [6.07, 6.45) is 3.76. The van der Waals surface area contributed by atoms with E-state index in [0.717, 1.165) is 64.3 Å². The second-order valence-corrected chi connectivity index (χ2v) is 9.41. The van der Waals surface area contributed by atoms with Crippen LogP contribution in [0.5, 0.6) is 5.75 Å². The SMILES string of the molecule is CC(C)(C)OC(=O)N1CCc2cc3c(cc2CC1)N(CC1CCOCC1)CCO3. The van der Waals surface area contributed by atoms with E-state index >= 15 is 0 Å². The number of rotatable bonds is 2. The minimum Gasteiger partial charge on any atom is -0.490 e. The maximum Gasteiger partial charge on any atom is 0.410 e. The van der Waals surface area contributed by atoms with Crippen LogP contribution >= 0.6 is 0 Å². The van der Waals surface area contributed by atoms with Crippen LogP contribution in [0.15, 0.2) is 12.1 Å². The maximum absolute atomic E-state index is 12.5. The van der Waals surface area contributed by atoms with Gasteiger partial charge in [-0.1, -0.05) is 0 Å². The van der Waals surface area contributed by atoms with Crippen molar-refractivity contribution in [1.29, 1.82) is 0 Å². The molecule has 0 saturated carbocycles. The first-order valence-electron chi connectivity index (χ1n) is 11.0. The number of amides is 1. The summed E-state index contributed by atoms with van der Waals surface area (Å²) in [7, 11) is 0. The van der Waals surface area contributed by atoms with E-state index < -0.39 is 5.60 Å². The Balaban J connectivity index is 1.48. The van der Waals surface area contributed by atoms with E-state index in [2.05, 4.69) is 17.0 Å². The number of hydrogen-bond donors (Lipinski definition) is 0. The van der Waals surface area contributed by atoms with Crippen molar-refractivity contribution in [2.24, 2.45) is 5.92 Å². The van der Waals surface area contributed by atoms with Crippen molar-refractivity contribution in [2.45, 2.75) is 52.1 Å². The molecule has 6 nitrogen and oxygen atoms in total. The van der Waals surface area contributed by atoms with Crippen molar-refractivity contribution >= 4 is 11.8 Å². The van der Waals surface area contributed by atoms with E-state index in [4.69, 9.17) is 14.2 Å². The predicted molar refractivity (Wildman–Crippen MR) is 113 cm³/mol. The third kappa shape index (κ3) is 4.97. The van der Waals surface area contributed by atoms with Gasteiger partial charge in [0.2, 0.25) is 0 Å². The summed E-state index contributed by atoms with van der Waals surface area (Å²) in [5.41, 5.74) is 3.38. The highest BCUT2D eigenvalue weighted by molar-refractivity contribution is 5.69. The minimum absolute atomic E-state index is 0.215. The van der Waals surface area contributed by atoms with E-state index in [0.29, 0.717) is 19.0 Å². The molecule has 0 aromatic heterocycles. The zero-order valence-electron chi connectivity index (χ0n) is 18.0. The van der Waals surface area contributed by atoms with Gasteiger partial charge in [-0.25, -0.2) is 4.79 Å². The number of nitrogens with zero attached hydrogens (tertiary/aromatic N) is 2. The van der Waals surface area contributed by atoms with Crippen LogP contribution in [0, 0.1) is 5.92 Å². The monoisotopic (exact) mass is 402 g/mol. The highest BCUT2D eigenvalue weighted by Gasteiger charge is 2.27. The van der Waals surface area contributed by atoms with Gasteiger partial charge < -0.3 is 24.0 Å². The molecular weight excluding hydrogens is 368 g/mol. The smallest absolute Gasteiger partial charge is 0.410 e. The lowest BCUT2D eigenvalue weighted by molar-refractivity contribution is 0.0258. The summed E-state index contributed by atoms with van der Waals surface area (Å²) in [6.45, 7) is 11.6. The van der Waals surface area contributed by atoms with Gasteiger partial charge in [0.1, 0.15) is 18.0 Å². The van der Waals surface area contributed by atoms with Gasteiger partial charge in [0, 0.05) is 32.8 Å². The van der Waals surface area contributed by atoms with Crippen LogP contribution in [0.1, 0.15) is 44.7 Å². The quantitative estimate of drug-likeness (QED) is 0.756. The standard InChI is InChI=1S/C23H34N2O4/c1-23(2,3)29-22(26)24-8-4-18-14-20-21(15-19(18)5-9-24)28-13-10-25(20)16-17-6-11-27-12-7-17/h14-15,17H,4-13,16H2,1-3H3. The summed E-state index contributed by atoms with van der Waals surface area (Å²) < 4.78 is 17.1. The molecule has 0 bridgehead atoms. The van der Waals surface area contributed by atoms with Crippen molar-refractivity contribution in [3.8, 4) is 5.75 Å². The highest BCUT2D eigenvalue weighted by atomic mass is 16.6. The number of carbonyl (C=O) groups is 1. The zero-order chi connectivity index (χ0) is 20.4. The van der Waals surface area contributed by atoms with Gasteiger partial charge in [-0.2, -0.15) is 0 Å². The Labute approximate surface area is 174 Å². The summed E-state index contributed by atoms with van der Waals surface area (Å²) >= 11 is 0. The number of anilines is 1. The van der Waals surface area contributed by atoms with Crippen LogP contribution in [-0.4, -0.2) is 62.6 Å². The van der Waals surface area contributed by atoms with Gasteiger partial charge in [-0.3, -0.25) is 0 Å². The summed E-state index contributed by atoms with van der Waals surface area (Å²) in [5, 5.41) is 0. The molecule has 0 radical (unpaired) electrons. The number of carbonyl (C=O) groups excluding carboxylic acids is 1. The Morgan fingerprint density at radius 1 is 1.07 bits per heavy atom. The fourth-order valence-corrected chi connectivity index (χ4v) is 4.43. The molecule has 29 heavy (non-hydrogen) atoms. The van der Waals surface area contributed by atoms with E-state index in [9.17, 15) is 4.79 Å². The van der Waals surface area contributed by atoms with Crippen molar-refractivity contribution in [3.05, 3.63) is 23.3 Å². The van der Waals surface area contributed by atoms with Crippen LogP contribution in [0.2, 0.25) is 0 Å². The molecule has 0 aliphatic carbocycles. The molecule has 0 unspecified atom stereocenters. The van der Waals surface area contributed by atoms with E-state index in [1.165, 1.54) is 16.8 Å². The number of benzene rings is 1. The molecule has 160 valence electrons. The first-order valence-corrected chi connectivity index (χ1v) is 11.0. The summed E-state index contributed by atoms with van der Waals surface area (Å²) in [4.78, 5) is 16.8. The van der Waals surface area contributed by atoms with E-state index in [1.807, 2.05) is 25.7 Å². The highest BCUT2D eigenvalue weighted by Crippen LogP contribution is 2.37. The molecule has 4 rings (SSSR count). The molecule has 6 heteroatoms. The van der Waals surface area contributed by atoms with E-state index in [1.54, 1.807) is 0 Å². The molecule has 3 heterocycles. The van der Waals surface area contributed by atoms with Crippen molar-refractivity contribution in [2.75, 3.05) is 50.9 Å². The molecule has 0 spiro atoms. The lowest BCUT2D eigenvalue weighted by atomic mass is 9.97. The topological polar surface area (TPSA) is 51.2 Å². The second kappa shape index (κ2) is 8.42. The third-order valence-electron chi connectivity index (χ3n) is 6.01. The average molecular weight is 403 g/mol. The van der Waals surface area contributed by atoms with Gasteiger partial charge in [-0.05, 0) is 75.6 Å². The van der Waals surface area contributed by atoms with Gasteiger partial charge in [0.05, 0.1) is 12.2 Å². The average Bonchev–Trinajstić information content (AvgIpc) is 2.88. The number of hydrogen-bond acceptors (Lipinski definition) is 5. The molecule has 0 N–H and O–H groups in total. The van der Waals surface area contributed by atoms with Crippen LogP contribution in [-0.2, 0) is 22.3 Å².